The van der Waals surface area contributed by atoms with Crippen LogP contribution in [0.15, 0.2) is 0 Å². The monoisotopic (exact) mass is 186 g/mol. The standard InChI is InChI=1S/C11H22O2/c1-9(7-12)6-10(2)8-13-11(3,4)5/h7,9-10H,6,8H2,1-5H3. The van der Waals surface area contributed by atoms with Crippen LogP contribution in [0.4, 0.5) is 0 Å². The van der Waals surface area contributed by atoms with E-state index in [-0.39, 0.29) is 11.5 Å². The predicted octanol–water partition coefficient (Wildman–Crippen LogP) is 2.66. The molecule has 0 aromatic carbocycles. The smallest absolute Gasteiger partial charge is 0.122 e. The van der Waals surface area contributed by atoms with Crippen molar-refractivity contribution in [1.29, 1.82) is 0 Å². The second-order valence-electron chi connectivity index (χ2n) is 4.88. The van der Waals surface area contributed by atoms with Gasteiger partial charge < -0.3 is 9.53 Å². The van der Waals surface area contributed by atoms with Gasteiger partial charge in [0.05, 0.1) is 5.60 Å². The molecule has 2 heteroatoms. The minimum atomic E-state index is -0.0708. The van der Waals surface area contributed by atoms with Crippen LogP contribution in [0.2, 0.25) is 0 Å². The van der Waals surface area contributed by atoms with Crippen LogP contribution >= 0.6 is 0 Å². The Morgan fingerprint density at radius 2 is 1.85 bits per heavy atom. The Bertz CT molecular complexity index is 147. The summed E-state index contributed by atoms with van der Waals surface area (Å²) in [4.78, 5) is 10.4. The van der Waals surface area contributed by atoms with Crippen LogP contribution in [0, 0.1) is 11.8 Å². The van der Waals surface area contributed by atoms with Gasteiger partial charge in [-0.2, -0.15) is 0 Å². The summed E-state index contributed by atoms with van der Waals surface area (Å²) >= 11 is 0. The van der Waals surface area contributed by atoms with Crippen LogP contribution < -0.4 is 0 Å². The third-order valence-corrected chi connectivity index (χ3v) is 1.81. The van der Waals surface area contributed by atoms with E-state index in [1.54, 1.807) is 0 Å². The molecule has 0 saturated heterocycles. The van der Waals surface area contributed by atoms with Gasteiger partial charge in [0.2, 0.25) is 0 Å². The first kappa shape index (κ1) is 12.6. The molecule has 0 spiro atoms. The van der Waals surface area contributed by atoms with Crippen molar-refractivity contribution in [2.45, 2.75) is 46.6 Å². The second-order valence-corrected chi connectivity index (χ2v) is 4.88. The Hall–Kier alpha value is -0.370. The molecule has 0 rings (SSSR count). The van der Waals surface area contributed by atoms with Crippen LogP contribution in [0.1, 0.15) is 41.0 Å². The summed E-state index contributed by atoms with van der Waals surface area (Å²) in [6.07, 6.45) is 1.92. The van der Waals surface area contributed by atoms with Crippen LogP contribution in [0.5, 0.6) is 0 Å². The Morgan fingerprint density at radius 3 is 2.23 bits per heavy atom. The minimum absolute atomic E-state index is 0.0708. The van der Waals surface area contributed by atoms with Gasteiger partial charge in [0.15, 0.2) is 0 Å². The Balaban J connectivity index is 3.63. The summed E-state index contributed by atoms with van der Waals surface area (Å²) in [7, 11) is 0. The highest BCUT2D eigenvalue weighted by Crippen LogP contribution is 2.14. The molecule has 0 amide bonds. The van der Waals surface area contributed by atoms with Crippen molar-refractivity contribution in [3.63, 3.8) is 0 Å². The van der Waals surface area contributed by atoms with E-state index in [4.69, 9.17) is 4.74 Å². The fraction of sp³-hybridized carbons (Fsp3) is 0.909. The van der Waals surface area contributed by atoms with Gasteiger partial charge in [-0.3, -0.25) is 0 Å². The van der Waals surface area contributed by atoms with Gasteiger partial charge >= 0.3 is 0 Å². The lowest BCUT2D eigenvalue weighted by atomic mass is 9.99. The first-order valence-corrected chi connectivity index (χ1v) is 4.94. The highest BCUT2D eigenvalue weighted by Gasteiger charge is 2.14. The first-order chi connectivity index (χ1) is 5.85. The van der Waals surface area contributed by atoms with Gasteiger partial charge in [0, 0.05) is 12.5 Å². The molecule has 0 radical (unpaired) electrons. The molecule has 0 aliphatic heterocycles. The minimum Gasteiger partial charge on any atom is -0.376 e. The van der Waals surface area contributed by atoms with Crippen molar-refractivity contribution in [3.8, 4) is 0 Å². The van der Waals surface area contributed by atoms with Gasteiger partial charge in [0.1, 0.15) is 6.29 Å². The molecule has 0 saturated carbocycles. The Morgan fingerprint density at radius 1 is 1.31 bits per heavy atom. The molecule has 78 valence electrons. The normalized spacial score (nSPS) is 16.7. The number of rotatable bonds is 5. The number of hydrogen-bond donors (Lipinski definition) is 0. The molecular weight excluding hydrogens is 164 g/mol. The third-order valence-electron chi connectivity index (χ3n) is 1.81. The van der Waals surface area contributed by atoms with E-state index in [0.717, 1.165) is 19.3 Å². The highest BCUT2D eigenvalue weighted by molar-refractivity contribution is 5.52. The zero-order valence-electron chi connectivity index (χ0n) is 9.46. The van der Waals surface area contributed by atoms with Crippen molar-refractivity contribution in [3.05, 3.63) is 0 Å². The lowest BCUT2D eigenvalue weighted by Gasteiger charge is -2.23. The highest BCUT2D eigenvalue weighted by atomic mass is 16.5. The summed E-state index contributed by atoms with van der Waals surface area (Å²) in [5, 5.41) is 0. The van der Waals surface area contributed by atoms with Crippen LogP contribution in [0.25, 0.3) is 0 Å². The molecule has 0 aliphatic rings. The Labute approximate surface area is 81.7 Å². The molecule has 0 fully saturated rings. The van der Waals surface area contributed by atoms with E-state index in [0.29, 0.717) is 5.92 Å². The van der Waals surface area contributed by atoms with Crippen molar-refractivity contribution in [1.82, 2.24) is 0 Å². The van der Waals surface area contributed by atoms with E-state index in [2.05, 4.69) is 6.92 Å². The first-order valence-electron chi connectivity index (χ1n) is 4.94. The van der Waals surface area contributed by atoms with Gasteiger partial charge in [-0.15, -0.1) is 0 Å². The zero-order chi connectivity index (χ0) is 10.5. The quantitative estimate of drug-likeness (QED) is 0.617. The fourth-order valence-corrected chi connectivity index (χ4v) is 1.15. The molecule has 2 atom stereocenters. The molecule has 0 aliphatic carbocycles. The summed E-state index contributed by atoms with van der Waals surface area (Å²) in [6.45, 7) is 10.9. The fourth-order valence-electron chi connectivity index (χ4n) is 1.15. The molecule has 0 bridgehead atoms. The van der Waals surface area contributed by atoms with Crippen molar-refractivity contribution in [2.24, 2.45) is 11.8 Å². The number of carbonyl (C=O) groups is 1. The van der Waals surface area contributed by atoms with Crippen molar-refractivity contribution < 1.29 is 9.53 Å². The molecule has 2 nitrogen and oxygen atoms in total. The molecule has 13 heavy (non-hydrogen) atoms. The van der Waals surface area contributed by atoms with Gasteiger partial charge in [-0.1, -0.05) is 13.8 Å². The average Bonchev–Trinajstić information content (AvgIpc) is 1.99. The van der Waals surface area contributed by atoms with E-state index < -0.39 is 0 Å². The van der Waals surface area contributed by atoms with E-state index >= 15 is 0 Å². The predicted molar refractivity (Wildman–Crippen MR) is 54.7 cm³/mol. The summed E-state index contributed by atoms with van der Waals surface area (Å²) in [5.74, 6) is 0.609. The number of hydrogen-bond acceptors (Lipinski definition) is 2. The van der Waals surface area contributed by atoms with Crippen LogP contribution in [-0.2, 0) is 9.53 Å². The lowest BCUT2D eigenvalue weighted by Crippen LogP contribution is -2.23. The topological polar surface area (TPSA) is 26.3 Å². The summed E-state index contributed by atoms with van der Waals surface area (Å²) < 4.78 is 5.62. The van der Waals surface area contributed by atoms with E-state index in [1.807, 2.05) is 27.7 Å². The number of carbonyl (C=O) groups excluding carboxylic acids is 1. The number of aldehydes is 1. The molecule has 2 unspecified atom stereocenters. The molecule has 0 aromatic rings. The SMILES string of the molecule is CC(C=O)CC(C)COC(C)(C)C. The second kappa shape index (κ2) is 5.38. The van der Waals surface area contributed by atoms with Gasteiger partial charge in [-0.05, 0) is 33.1 Å². The zero-order valence-corrected chi connectivity index (χ0v) is 9.46. The molecule has 0 heterocycles. The maximum atomic E-state index is 10.4. The maximum Gasteiger partial charge on any atom is 0.122 e. The maximum absolute atomic E-state index is 10.4. The van der Waals surface area contributed by atoms with E-state index in [9.17, 15) is 4.79 Å². The Kier molecular flexibility index (Phi) is 5.23. The number of ether oxygens (including phenoxy) is 1. The largest absolute Gasteiger partial charge is 0.376 e. The van der Waals surface area contributed by atoms with Crippen molar-refractivity contribution >= 4 is 6.29 Å². The average molecular weight is 186 g/mol. The summed E-state index contributed by atoms with van der Waals surface area (Å²) in [6, 6.07) is 0. The van der Waals surface area contributed by atoms with Gasteiger partial charge in [-0.25, -0.2) is 0 Å². The van der Waals surface area contributed by atoms with E-state index in [1.165, 1.54) is 0 Å². The van der Waals surface area contributed by atoms with Crippen molar-refractivity contribution in [2.75, 3.05) is 6.61 Å². The molecular formula is C11H22O2. The van der Waals surface area contributed by atoms with Crippen LogP contribution in [-0.4, -0.2) is 18.5 Å². The lowest BCUT2D eigenvalue weighted by molar-refractivity contribution is -0.111. The molecule has 0 N–H and O–H groups in total. The van der Waals surface area contributed by atoms with Crippen LogP contribution in [0.3, 0.4) is 0 Å². The van der Waals surface area contributed by atoms with Gasteiger partial charge in [0.25, 0.3) is 0 Å². The molecule has 0 aromatic heterocycles. The summed E-state index contributed by atoms with van der Waals surface area (Å²) in [5.41, 5.74) is -0.0708. The third kappa shape index (κ3) is 7.97.